The summed E-state index contributed by atoms with van der Waals surface area (Å²) in [5, 5.41) is 9.89. The Kier molecular flexibility index (Phi) is 5.84. The fourth-order valence-electron chi connectivity index (χ4n) is 7.70. The molecule has 1 N–H and O–H groups in total. The minimum atomic E-state index is -0.707. The third kappa shape index (κ3) is 3.94. The van der Waals surface area contributed by atoms with Crippen molar-refractivity contribution in [1.82, 2.24) is 0 Å². The number of aliphatic carboxylic acids is 1. The summed E-state index contributed by atoms with van der Waals surface area (Å²) in [5.74, 6) is -0.516. The third-order valence-electron chi connectivity index (χ3n) is 9.92. The molecule has 0 radical (unpaired) electrons. The van der Waals surface area contributed by atoms with E-state index >= 15 is 4.39 Å². The third-order valence-corrected chi connectivity index (χ3v) is 9.92. The van der Waals surface area contributed by atoms with Crippen LogP contribution in [0.3, 0.4) is 0 Å². The minimum absolute atomic E-state index is 0.0145. The summed E-state index contributed by atoms with van der Waals surface area (Å²) in [4.78, 5) is 12.0. The Labute approximate surface area is 230 Å². The number of aryl methyl sites for hydroxylation is 2. The molecule has 0 unspecified atom stereocenters. The standard InChI is InChI=1S/C35H37FO3/c1-21-8-13-30(36)27(17-21)25-12-9-22(18-26(25)28-7-6-15-33(28,2)3)20-39-24-11-10-23-14-16-35(29(23)19-24)31(32(37)38)34(35,4)5/h7-13,17-19,31H,6,14-16,20H2,1-5H3,(H,37,38)/t31-,35+/m1/s1. The van der Waals surface area contributed by atoms with Crippen LogP contribution in [0.1, 0.15) is 74.8 Å². The Hall–Kier alpha value is -3.40. The summed E-state index contributed by atoms with van der Waals surface area (Å²) in [7, 11) is 0. The van der Waals surface area contributed by atoms with E-state index < -0.39 is 5.97 Å². The molecule has 39 heavy (non-hydrogen) atoms. The number of hydrogen-bond donors (Lipinski definition) is 1. The second-order valence-corrected chi connectivity index (χ2v) is 13.0. The molecular weight excluding hydrogens is 487 g/mol. The van der Waals surface area contributed by atoms with Gasteiger partial charge in [-0.1, -0.05) is 63.6 Å². The second-order valence-electron chi connectivity index (χ2n) is 13.0. The summed E-state index contributed by atoms with van der Waals surface area (Å²) >= 11 is 0. The number of rotatable bonds is 6. The maximum Gasteiger partial charge on any atom is 0.308 e. The van der Waals surface area contributed by atoms with Crippen molar-refractivity contribution < 1.29 is 19.0 Å². The zero-order valence-corrected chi connectivity index (χ0v) is 23.5. The van der Waals surface area contributed by atoms with Gasteiger partial charge in [0.15, 0.2) is 0 Å². The van der Waals surface area contributed by atoms with Gasteiger partial charge in [0, 0.05) is 11.0 Å². The van der Waals surface area contributed by atoms with Gasteiger partial charge in [0.25, 0.3) is 0 Å². The summed E-state index contributed by atoms with van der Waals surface area (Å²) in [5.41, 5.74) is 7.75. The van der Waals surface area contributed by atoms with Crippen molar-refractivity contribution in [1.29, 1.82) is 0 Å². The van der Waals surface area contributed by atoms with E-state index in [4.69, 9.17) is 4.74 Å². The molecule has 0 aliphatic heterocycles. The lowest BCUT2D eigenvalue weighted by Crippen LogP contribution is -2.13. The highest BCUT2D eigenvalue weighted by atomic mass is 19.1. The van der Waals surface area contributed by atoms with Crippen molar-refractivity contribution in [2.45, 2.75) is 72.3 Å². The van der Waals surface area contributed by atoms with Crippen LogP contribution < -0.4 is 4.74 Å². The zero-order chi connectivity index (χ0) is 27.7. The molecule has 3 aliphatic rings. The number of carboxylic acid groups (broad SMARTS) is 1. The molecule has 0 amide bonds. The molecule has 202 valence electrons. The Morgan fingerprint density at radius 2 is 1.77 bits per heavy atom. The van der Waals surface area contributed by atoms with Crippen molar-refractivity contribution in [3.63, 3.8) is 0 Å². The van der Waals surface area contributed by atoms with Gasteiger partial charge >= 0.3 is 5.97 Å². The van der Waals surface area contributed by atoms with Crippen LogP contribution in [-0.2, 0) is 23.2 Å². The number of allylic oxidation sites excluding steroid dienone is 2. The monoisotopic (exact) mass is 524 g/mol. The van der Waals surface area contributed by atoms with Gasteiger partial charge in [-0.3, -0.25) is 4.79 Å². The van der Waals surface area contributed by atoms with E-state index in [9.17, 15) is 9.90 Å². The molecule has 3 aliphatic carbocycles. The SMILES string of the molecule is Cc1ccc(F)c(-c2ccc(COc3ccc4c(c3)[C@@]3(CC4)[C@H](C(=O)O)C3(C)C)cc2C2=CCCC2(C)C)c1. The van der Waals surface area contributed by atoms with Crippen LogP contribution in [0.5, 0.6) is 5.75 Å². The second kappa shape index (κ2) is 8.81. The number of carboxylic acids is 1. The van der Waals surface area contributed by atoms with Gasteiger partial charge < -0.3 is 9.84 Å². The highest BCUT2D eigenvalue weighted by Crippen LogP contribution is 2.74. The van der Waals surface area contributed by atoms with Crippen LogP contribution in [0.2, 0.25) is 0 Å². The largest absolute Gasteiger partial charge is 0.489 e. The number of ether oxygens (including phenoxy) is 1. The van der Waals surface area contributed by atoms with Crippen LogP contribution in [0.4, 0.5) is 4.39 Å². The first-order valence-corrected chi connectivity index (χ1v) is 14.1. The smallest absolute Gasteiger partial charge is 0.308 e. The molecule has 4 heteroatoms. The van der Waals surface area contributed by atoms with E-state index in [1.807, 2.05) is 37.3 Å². The van der Waals surface area contributed by atoms with Crippen LogP contribution in [-0.4, -0.2) is 11.1 Å². The Balaban J connectivity index is 1.32. The molecule has 6 rings (SSSR count). The number of carbonyl (C=O) groups is 1. The zero-order valence-electron chi connectivity index (χ0n) is 23.5. The number of benzene rings is 3. The van der Waals surface area contributed by atoms with Gasteiger partial charge in [-0.2, -0.15) is 0 Å². The quantitative estimate of drug-likeness (QED) is 0.352. The first kappa shape index (κ1) is 25.9. The molecule has 2 atom stereocenters. The van der Waals surface area contributed by atoms with E-state index in [1.54, 1.807) is 6.07 Å². The highest BCUT2D eigenvalue weighted by Gasteiger charge is 2.76. The van der Waals surface area contributed by atoms with E-state index in [0.717, 1.165) is 59.3 Å². The molecule has 1 fully saturated rings. The highest BCUT2D eigenvalue weighted by molar-refractivity contribution is 5.85. The molecule has 0 aromatic heterocycles. The van der Waals surface area contributed by atoms with Gasteiger partial charge in [0.05, 0.1) is 5.92 Å². The van der Waals surface area contributed by atoms with Crippen molar-refractivity contribution in [3.8, 4) is 16.9 Å². The lowest BCUT2D eigenvalue weighted by atomic mass is 9.79. The molecule has 1 saturated carbocycles. The number of hydrogen-bond acceptors (Lipinski definition) is 2. The first-order chi connectivity index (χ1) is 18.5. The summed E-state index contributed by atoms with van der Waals surface area (Å²) < 4.78 is 21.3. The molecule has 3 aromatic rings. The number of halogens is 1. The molecular formula is C35H37FO3. The summed E-state index contributed by atoms with van der Waals surface area (Å²) in [6.07, 6.45) is 6.18. The van der Waals surface area contributed by atoms with E-state index in [2.05, 4.69) is 52.0 Å². The fraction of sp³-hybridized carbons (Fsp3) is 0.400. The van der Waals surface area contributed by atoms with Gasteiger partial charge in [-0.15, -0.1) is 0 Å². The first-order valence-electron chi connectivity index (χ1n) is 14.1. The number of fused-ring (bicyclic) bond motifs is 2. The van der Waals surface area contributed by atoms with Crippen molar-refractivity contribution in [2.24, 2.45) is 16.7 Å². The lowest BCUT2D eigenvalue weighted by Gasteiger charge is -2.25. The molecule has 0 saturated heterocycles. The van der Waals surface area contributed by atoms with Gasteiger partial charge in [-0.25, -0.2) is 4.39 Å². The van der Waals surface area contributed by atoms with E-state index in [1.165, 1.54) is 11.1 Å². The Morgan fingerprint density at radius 1 is 0.974 bits per heavy atom. The van der Waals surface area contributed by atoms with Crippen LogP contribution in [0.15, 0.2) is 60.7 Å². The van der Waals surface area contributed by atoms with Crippen LogP contribution in [0.25, 0.3) is 16.7 Å². The van der Waals surface area contributed by atoms with E-state index in [-0.39, 0.29) is 28.0 Å². The minimum Gasteiger partial charge on any atom is -0.489 e. The summed E-state index contributed by atoms with van der Waals surface area (Å²) in [6.45, 7) is 11.0. The molecule has 1 spiro atoms. The van der Waals surface area contributed by atoms with E-state index in [0.29, 0.717) is 12.2 Å². The average molecular weight is 525 g/mol. The molecule has 3 nitrogen and oxygen atoms in total. The predicted octanol–water partition coefficient (Wildman–Crippen LogP) is 8.51. The Morgan fingerprint density at radius 3 is 2.46 bits per heavy atom. The van der Waals surface area contributed by atoms with Gasteiger partial charge in [0.1, 0.15) is 18.2 Å². The lowest BCUT2D eigenvalue weighted by molar-refractivity contribution is -0.139. The van der Waals surface area contributed by atoms with Crippen LogP contribution >= 0.6 is 0 Å². The fourth-order valence-corrected chi connectivity index (χ4v) is 7.70. The maximum atomic E-state index is 15.0. The van der Waals surface area contributed by atoms with Gasteiger partial charge in [-0.05, 0) is 107 Å². The van der Waals surface area contributed by atoms with Gasteiger partial charge in [0.2, 0.25) is 0 Å². The predicted molar refractivity (Wildman–Crippen MR) is 153 cm³/mol. The normalized spacial score (nSPS) is 23.9. The van der Waals surface area contributed by atoms with Crippen molar-refractivity contribution in [3.05, 3.63) is 94.3 Å². The van der Waals surface area contributed by atoms with Crippen LogP contribution in [0, 0.1) is 29.5 Å². The summed E-state index contributed by atoms with van der Waals surface area (Å²) in [6, 6.07) is 17.7. The molecule has 0 bridgehead atoms. The van der Waals surface area contributed by atoms with Crippen molar-refractivity contribution >= 4 is 11.5 Å². The molecule has 0 heterocycles. The topological polar surface area (TPSA) is 46.5 Å². The van der Waals surface area contributed by atoms with Crippen molar-refractivity contribution in [2.75, 3.05) is 0 Å². The molecule has 3 aromatic carbocycles. The maximum absolute atomic E-state index is 15.0. The average Bonchev–Trinajstić information content (AvgIpc) is 3.13. The Bertz CT molecular complexity index is 1530.